The van der Waals surface area contributed by atoms with Gasteiger partial charge in [-0.2, -0.15) is 0 Å². The number of sulfonamides is 1. The molecule has 1 atom stereocenters. The summed E-state index contributed by atoms with van der Waals surface area (Å²) in [5.41, 5.74) is 1.20. The molecule has 0 radical (unpaired) electrons. The minimum absolute atomic E-state index is 0.0525. The average Bonchev–Trinajstić information content (AvgIpc) is 2.74. The summed E-state index contributed by atoms with van der Waals surface area (Å²) in [5, 5.41) is 11.7. The highest BCUT2D eigenvalue weighted by atomic mass is 32.2. The Morgan fingerprint density at radius 2 is 1.38 bits per heavy atom. The van der Waals surface area contributed by atoms with Gasteiger partial charge in [-0.3, -0.25) is 9.71 Å². The lowest BCUT2D eigenvalue weighted by molar-refractivity contribution is -0.307. The molecule has 0 saturated carbocycles. The van der Waals surface area contributed by atoms with E-state index in [1.807, 2.05) is 6.07 Å². The van der Waals surface area contributed by atoms with E-state index in [0.717, 1.165) is 5.56 Å². The van der Waals surface area contributed by atoms with Gasteiger partial charge in [-0.15, -0.1) is 0 Å². The Bertz CT molecular complexity index is 1080. The van der Waals surface area contributed by atoms with Crippen molar-refractivity contribution in [3.8, 4) is 0 Å². The molecule has 6 nitrogen and oxygen atoms in total. The van der Waals surface area contributed by atoms with Crippen LogP contribution in [0.1, 0.15) is 11.1 Å². The molecule has 0 aliphatic rings. The zero-order valence-corrected chi connectivity index (χ0v) is 16.2. The molecule has 1 N–H and O–H groups in total. The van der Waals surface area contributed by atoms with Crippen molar-refractivity contribution in [2.24, 2.45) is 4.99 Å². The summed E-state index contributed by atoms with van der Waals surface area (Å²) >= 11 is 0. The Hall–Kier alpha value is -3.45. The highest BCUT2D eigenvalue weighted by Gasteiger charge is 2.19. The summed E-state index contributed by atoms with van der Waals surface area (Å²) in [4.78, 5) is 16.0. The molecule has 0 aliphatic heterocycles. The fraction of sp³-hybridized carbons (Fsp3) is 0.0909. The van der Waals surface area contributed by atoms with Crippen molar-refractivity contribution in [2.45, 2.75) is 17.4 Å². The summed E-state index contributed by atoms with van der Waals surface area (Å²) in [6, 6.07) is 24.0. The van der Waals surface area contributed by atoms with Gasteiger partial charge in [0.1, 0.15) is 5.84 Å². The third-order valence-electron chi connectivity index (χ3n) is 4.16. The molecule has 3 rings (SSSR count). The van der Waals surface area contributed by atoms with Gasteiger partial charge in [0.15, 0.2) is 0 Å². The van der Waals surface area contributed by atoms with Crippen LogP contribution in [0.3, 0.4) is 0 Å². The predicted molar refractivity (Wildman–Crippen MR) is 109 cm³/mol. The molecule has 0 saturated heterocycles. The number of carboxylic acid groups (broad SMARTS) is 1. The predicted octanol–water partition coefficient (Wildman–Crippen LogP) is 1.77. The van der Waals surface area contributed by atoms with Crippen LogP contribution in [0.2, 0.25) is 0 Å². The first-order chi connectivity index (χ1) is 14.0. The van der Waals surface area contributed by atoms with E-state index in [2.05, 4.69) is 9.71 Å². The number of carbonyl (C=O) groups excluding carboxylic acids is 1. The van der Waals surface area contributed by atoms with Crippen molar-refractivity contribution >= 4 is 21.8 Å². The lowest BCUT2D eigenvalue weighted by Crippen LogP contribution is -2.39. The standard InChI is InChI=1S/C22H20N2O4S/c25-22(26)20(16-17-10-4-1-5-11-17)23-21(18-12-6-2-7-13-18)24-29(27,28)19-14-8-3-9-15-19/h1-15,20H,16H2,(H,23,24)(H,25,26)/p-1/t20-/m0/s1. The molecule has 0 spiro atoms. The van der Waals surface area contributed by atoms with E-state index in [1.165, 1.54) is 12.1 Å². The third kappa shape index (κ3) is 5.52. The molecule has 3 aromatic rings. The SMILES string of the molecule is O=C([O-])[C@H](Cc1ccccc1)N=C(NS(=O)(=O)c1ccccc1)c1ccccc1. The average molecular weight is 407 g/mol. The van der Waals surface area contributed by atoms with E-state index < -0.39 is 22.0 Å². The molecule has 0 aliphatic carbocycles. The topological polar surface area (TPSA) is 98.7 Å². The first-order valence-corrected chi connectivity index (χ1v) is 10.4. The van der Waals surface area contributed by atoms with Gasteiger partial charge in [-0.05, 0) is 17.7 Å². The van der Waals surface area contributed by atoms with Crippen LogP contribution in [0.25, 0.3) is 0 Å². The quantitative estimate of drug-likeness (QED) is 0.477. The van der Waals surface area contributed by atoms with Gasteiger partial charge >= 0.3 is 0 Å². The summed E-state index contributed by atoms with van der Waals surface area (Å²) in [6.45, 7) is 0. The number of carbonyl (C=O) groups is 1. The van der Waals surface area contributed by atoms with Crippen molar-refractivity contribution in [3.05, 3.63) is 102 Å². The maximum Gasteiger partial charge on any atom is 0.263 e. The summed E-state index contributed by atoms with van der Waals surface area (Å²) in [6.07, 6.45) is 0.0760. The normalized spacial score (nSPS) is 12.9. The fourth-order valence-electron chi connectivity index (χ4n) is 2.72. The van der Waals surface area contributed by atoms with Crippen LogP contribution in [0, 0.1) is 0 Å². The van der Waals surface area contributed by atoms with E-state index in [0.29, 0.717) is 5.56 Å². The van der Waals surface area contributed by atoms with Crippen LogP contribution in [0.15, 0.2) is 101 Å². The second-order valence-corrected chi connectivity index (χ2v) is 7.97. The summed E-state index contributed by atoms with van der Waals surface area (Å²) < 4.78 is 28.0. The van der Waals surface area contributed by atoms with E-state index in [4.69, 9.17) is 0 Å². The number of hydrogen-bond donors (Lipinski definition) is 1. The Balaban J connectivity index is 1.99. The zero-order chi connectivity index (χ0) is 20.7. The minimum Gasteiger partial charge on any atom is -0.548 e. The zero-order valence-electron chi connectivity index (χ0n) is 15.4. The Labute approximate surface area is 169 Å². The smallest absolute Gasteiger partial charge is 0.263 e. The van der Waals surface area contributed by atoms with Crippen LogP contribution in [0.5, 0.6) is 0 Å². The third-order valence-corrected chi connectivity index (χ3v) is 5.52. The molecule has 0 aromatic heterocycles. The number of hydrogen-bond acceptors (Lipinski definition) is 5. The lowest BCUT2D eigenvalue weighted by atomic mass is 10.1. The number of nitrogens with one attached hydrogen (secondary N) is 1. The van der Waals surface area contributed by atoms with Crippen LogP contribution >= 0.6 is 0 Å². The van der Waals surface area contributed by atoms with E-state index >= 15 is 0 Å². The number of benzene rings is 3. The molecule has 0 fully saturated rings. The molecule has 0 unspecified atom stereocenters. The van der Waals surface area contributed by atoms with E-state index in [9.17, 15) is 18.3 Å². The van der Waals surface area contributed by atoms with Crippen LogP contribution in [-0.2, 0) is 21.2 Å². The van der Waals surface area contributed by atoms with Crippen molar-refractivity contribution in [1.82, 2.24) is 4.72 Å². The number of nitrogens with zero attached hydrogens (tertiary/aromatic N) is 1. The molecule has 29 heavy (non-hydrogen) atoms. The number of carboxylic acids is 1. The maximum absolute atomic E-state index is 12.8. The second kappa shape index (κ2) is 9.16. The summed E-state index contributed by atoms with van der Waals surface area (Å²) in [7, 11) is -3.95. The number of aliphatic carboxylic acids is 1. The first kappa shape index (κ1) is 20.3. The van der Waals surface area contributed by atoms with Crippen LogP contribution < -0.4 is 9.83 Å². The first-order valence-electron chi connectivity index (χ1n) is 8.91. The fourth-order valence-corrected chi connectivity index (χ4v) is 3.77. The van der Waals surface area contributed by atoms with E-state index in [-0.39, 0.29) is 17.2 Å². The van der Waals surface area contributed by atoms with Gasteiger partial charge in [-0.1, -0.05) is 78.9 Å². The van der Waals surface area contributed by atoms with Crippen molar-refractivity contribution < 1.29 is 18.3 Å². The van der Waals surface area contributed by atoms with Gasteiger partial charge < -0.3 is 9.90 Å². The number of rotatable bonds is 7. The highest BCUT2D eigenvalue weighted by molar-refractivity contribution is 7.90. The van der Waals surface area contributed by atoms with Crippen LogP contribution in [0.4, 0.5) is 0 Å². The summed E-state index contributed by atoms with van der Waals surface area (Å²) in [5.74, 6) is -1.44. The Kier molecular flexibility index (Phi) is 6.41. The van der Waals surface area contributed by atoms with Gasteiger partial charge in [0.2, 0.25) is 0 Å². The van der Waals surface area contributed by atoms with E-state index in [1.54, 1.807) is 72.8 Å². The highest BCUT2D eigenvalue weighted by Crippen LogP contribution is 2.12. The van der Waals surface area contributed by atoms with Gasteiger partial charge in [0, 0.05) is 12.0 Å². The molecular formula is C22H19N2O4S-. The number of amidine groups is 1. The Morgan fingerprint density at radius 3 is 1.93 bits per heavy atom. The number of aliphatic imine (C=N–C) groups is 1. The van der Waals surface area contributed by atoms with Crippen LogP contribution in [-0.4, -0.2) is 26.3 Å². The van der Waals surface area contributed by atoms with Crippen molar-refractivity contribution in [2.75, 3.05) is 0 Å². The van der Waals surface area contributed by atoms with Crippen molar-refractivity contribution in [3.63, 3.8) is 0 Å². The minimum atomic E-state index is -3.95. The van der Waals surface area contributed by atoms with Gasteiger partial charge in [-0.25, -0.2) is 8.42 Å². The molecule has 7 heteroatoms. The monoisotopic (exact) mass is 407 g/mol. The molecule has 148 valence electrons. The largest absolute Gasteiger partial charge is 0.548 e. The molecular weight excluding hydrogens is 388 g/mol. The second-order valence-electron chi connectivity index (χ2n) is 6.29. The Morgan fingerprint density at radius 1 is 0.862 bits per heavy atom. The molecule has 0 bridgehead atoms. The van der Waals surface area contributed by atoms with Gasteiger partial charge in [0.05, 0.1) is 16.9 Å². The van der Waals surface area contributed by atoms with Gasteiger partial charge in [0.25, 0.3) is 10.0 Å². The molecule has 0 amide bonds. The molecule has 0 heterocycles. The van der Waals surface area contributed by atoms with Crippen molar-refractivity contribution in [1.29, 1.82) is 0 Å². The maximum atomic E-state index is 12.8. The molecule has 3 aromatic carbocycles. The lowest BCUT2D eigenvalue weighted by Gasteiger charge is -2.18.